The van der Waals surface area contributed by atoms with Crippen LogP contribution in [-0.2, 0) is 28.2 Å². The van der Waals surface area contributed by atoms with E-state index in [0.717, 1.165) is 44.9 Å². The van der Waals surface area contributed by atoms with Crippen LogP contribution in [0.25, 0.3) is 0 Å². The number of phosphoric acid groups is 1. The lowest BCUT2D eigenvalue weighted by Gasteiger charge is -2.18. The second-order valence-corrected chi connectivity index (χ2v) is 11.0. The molecule has 0 spiro atoms. The maximum absolute atomic E-state index is 12.1. The Bertz CT molecular complexity index is 578. The molecule has 0 fully saturated rings. The van der Waals surface area contributed by atoms with Gasteiger partial charge >= 0.3 is 19.8 Å². The monoisotopic (exact) mass is 536 g/mol. The van der Waals surface area contributed by atoms with Gasteiger partial charge in [0.1, 0.15) is 6.61 Å². The van der Waals surface area contributed by atoms with Crippen LogP contribution in [0.4, 0.5) is 0 Å². The van der Waals surface area contributed by atoms with Crippen LogP contribution in [-0.4, -0.2) is 41.0 Å². The van der Waals surface area contributed by atoms with Crippen molar-refractivity contribution in [3.05, 3.63) is 0 Å². The Morgan fingerprint density at radius 1 is 0.611 bits per heavy atom. The van der Waals surface area contributed by atoms with Crippen molar-refractivity contribution in [2.75, 3.05) is 13.2 Å². The van der Waals surface area contributed by atoms with Crippen molar-refractivity contribution in [2.24, 2.45) is 0 Å². The molecule has 0 saturated heterocycles. The van der Waals surface area contributed by atoms with Crippen LogP contribution in [0.2, 0.25) is 0 Å². The molecule has 0 rings (SSSR count). The van der Waals surface area contributed by atoms with Gasteiger partial charge in [-0.25, -0.2) is 4.57 Å². The molecule has 9 heteroatoms. The zero-order valence-electron chi connectivity index (χ0n) is 22.9. The lowest BCUT2D eigenvalue weighted by molar-refractivity contribution is -0.161. The van der Waals surface area contributed by atoms with Crippen LogP contribution in [0.15, 0.2) is 0 Å². The highest BCUT2D eigenvalue weighted by Gasteiger charge is 2.22. The predicted octanol–water partition coefficient (Wildman–Crippen LogP) is 7.39. The van der Waals surface area contributed by atoms with Gasteiger partial charge in [0.15, 0.2) is 6.10 Å². The van der Waals surface area contributed by atoms with Gasteiger partial charge in [-0.3, -0.25) is 14.1 Å². The number of ether oxygens (including phenoxy) is 2. The third-order valence-corrected chi connectivity index (χ3v) is 6.61. The molecule has 0 aromatic carbocycles. The zero-order chi connectivity index (χ0) is 26.9. The number of rotatable bonds is 26. The molecule has 36 heavy (non-hydrogen) atoms. The SMILES string of the molecule is CCCCCCCCCCCCCCC(=O)OC[C@H](COP(=O)(O)O)OC(=O)CCCCCCCC. The largest absolute Gasteiger partial charge is 0.469 e. The van der Waals surface area contributed by atoms with Crippen LogP contribution in [0.5, 0.6) is 0 Å². The molecule has 0 heterocycles. The van der Waals surface area contributed by atoms with Crippen LogP contribution in [0.1, 0.15) is 142 Å². The lowest BCUT2D eigenvalue weighted by atomic mass is 10.0. The first-order valence-corrected chi connectivity index (χ1v) is 15.9. The summed E-state index contributed by atoms with van der Waals surface area (Å²) in [7, 11) is -4.72. The Kier molecular flexibility index (Phi) is 23.7. The van der Waals surface area contributed by atoms with E-state index in [1.165, 1.54) is 64.2 Å². The van der Waals surface area contributed by atoms with Gasteiger partial charge in [0, 0.05) is 12.8 Å². The summed E-state index contributed by atoms with van der Waals surface area (Å²) in [5.74, 6) is -0.892. The molecule has 0 aliphatic carbocycles. The summed E-state index contributed by atoms with van der Waals surface area (Å²) in [5.41, 5.74) is 0. The second-order valence-electron chi connectivity index (χ2n) is 9.74. The third-order valence-electron chi connectivity index (χ3n) is 6.13. The van der Waals surface area contributed by atoms with E-state index >= 15 is 0 Å². The molecule has 0 unspecified atom stereocenters. The molecule has 2 N–H and O–H groups in total. The fourth-order valence-electron chi connectivity index (χ4n) is 3.96. The van der Waals surface area contributed by atoms with Gasteiger partial charge in [-0.15, -0.1) is 0 Å². The minimum Gasteiger partial charge on any atom is -0.462 e. The lowest BCUT2D eigenvalue weighted by Crippen LogP contribution is -2.29. The topological polar surface area (TPSA) is 119 Å². The number of hydrogen-bond donors (Lipinski definition) is 2. The van der Waals surface area contributed by atoms with E-state index in [4.69, 9.17) is 19.3 Å². The molecule has 0 aromatic heterocycles. The summed E-state index contributed by atoms with van der Waals surface area (Å²) in [6.45, 7) is 3.57. The van der Waals surface area contributed by atoms with E-state index in [9.17, 15) is 14.2 Å². The van der Waals surface area contributed by atoms with Crippen molar-refractivity contribution in [1.82, 2.24) is 0 Å². The van der Waals surface area contributed by atoms with Gasteiger partial charge in [0.2, 0.25) is 0 Å². The molecule has 1 atom stereocenters. The maximum atomic E-state index is 12.1. The zero-order valence-corrected chi connectivity index (χ0v) is 23.8. The average Bonchev–Trinajstić information content (AvgIpc) is 2.83. The van der Waals surface area contributed by atoms with Crippen molar-refractivity contribution in [2.45, 2.75) is 148 Å². The van der Waals surface area contributed by atoms with Gasteiger partial charge < -0.3 is 19.3 Å². The molecular formula is C27H53O8P. The van der Waals surface area contributed by atoms with Crippen molar-refractivity contribution in [1.29, 1.82) is 0 Å². The number of carbonyl (C=O) groups excluding carboxylic acids is 2. The van der Waals surface area contributed by atoms with Crippen molar-refractivity contribution < 1.29 is 37.9 Å². The molecule has 0 amide bonds. The Morgan fingerprint density at radius 3 is 1.42 bits per heavy atom. The summed E-state index contributed by atoms with van der Waals surface area (Å²) in [6.07, 6.45) is 20.0. The Hall–Kier alpha value is -0.950. The van der Waals surface area contributed by atoms with E-state index in [1.807, 2.05) is 0 Å². The molecule has 0 aliphatic heterocycles. The molecule has 0 radical (unpaired) electrons. The van der Waals surface area contributed by atoms with E-state index in [1.54, 1.807) is 0 Å². The maximum Gasteiger partial charge on any atom is 0.469 e. The van der Waals surface area contributed by atoms with E-state index in [2.05, 4.69) is 18.4 Å². The Balaban J connectivity index is 4.00. The van der Waals surface area contributed by atoms with Crippen LogP contribution >= 0.6 is 7.82 Å². The predicted molar refractivity (Wildman–Crippen MR) is 143 cm³/mol. The van der Waals surface area contributed by atoms with Gasteiger partial charge in [-0.05, 0) is 12.8 Å². The molecule has 0 aliphatic rings. The fraction of sp³-hybridized carbons (Fsp3) is 0.926. The molecule has 8 nitrogen and oxygen atoms in total. The van der Waals surface area contributed by atoms with Gasteiger partial charge in [-0.1, -0.05) is 117 Å². The minimum atomic E-state index is -4.72. The van der Waals surface area contributed by atoms with Gasteiger partial charge in [0.05, 0.1) is 6.61 Å². The number of unbranched alkanes of at least 4 members (excludes halogenated alkanes) is 16. The fourth-order valence-corrected chi connectivity index (χ4v) is 4.32. The minimum absolute atomic E-state index is 0.214. The number of hydrogen-bond acceptors (Lipinski definition) is 6. The highest BCUT2D eigenvalue weighted by atomic mass is 31.2. The molecule has 0 aromatic rings. The smallest absolute Gasteiger partial charge is 0.462 e. The summed E-state index contributed by atoms with van der Waals surface area (Å²) in [4.78, 5) is 42.0. The van der Waals surface area contributed by atoms with Crippen molar-refractivity contribution in [3.63, 3.8) is 0 Å². The highest BCUT2D eigenvalue weighted by Crippen LogP contribution is 2.35. The number of phosphoric ester groups is 1. The second kappa shape index (κ2) is 24.4. The van der Waals surface area contributed by atoms with Gasteiger partial charge in [0.25, 0.3) is 0 Å². The first-order valence-electron chi connectivity index (χ1n) is 14.3. The summed E-state index contributed by atoms with van der Waals surface area (Å²) in [6, 6.07) is 0. The first kappa shape index (κ1) is 35.0. The summed E-state index contributed by atoms with van der Waals surface area (Å²) < 4.78 is 25.9. The summed E-state index contributed by atoms with van der Waals surface area (Å²) in [5, 5.41) is 0. The molecular weight excluding hydrogens is 483 g/mol. The quantitative estimate of drug-likeness (QED) is 0.0667. The highest BCUT2D eigenvalue weighted by molar-refractivity contribution is 7.46. The van der Waals surface area contributed by atoms with Gasteiger partial charge in [-0.2, -0.15) is 0 Å². The average molecular weight is 537 g/mol. The molecule has 0 bridgehead atoms. The number of carbonyl (C=O) groups is 2. The molecule has 0 saturated carbocycles. The van der Waals surface area contributed by atoms with Crippen molar-refractivity contribution >= 4 is 19.8 Å². The Morgan fingerprint density at radius 2 is 1.00 bits per heavy atom. The standard InChI is InChI=1S/C27H53O8P/c1-3-5-7-9-11-12-13-14-15-16-18-19-21-26(28)33-23-25(24-34-36(30,31)32)35-27(29)22-20-17-10-8-6-4-2/h25H,3-24H2,1-2H3,(H2,30,31,32)/t25-/m1/s1. The summed E-state index contributed by atoms with van der Waals surface area (Å²) >= 11 is 0. The van der Waals surface area contributed by atoms with E-state index in [0.29, 0.717) is 6.42 Å². The van der Waals surface area contributed by atoms with E-state index in [-0.39, 0.29) is 19.4 Å². The van der Waals surface area contributed by atoms with Crippen LogP contribution in [0, 0.1) is 0 Å². The van der Waals surface area contributed by atoms with Crippen molar-refractivity contribution in [3.8, 4) is 0 Å². The normalized spacial score (nSPS) is 12.4. The number of esters is 2. The van der Waals surface area contributed by atoms with Crippen LogP contribution in [0.3, 0.4) is 0 Å². The first-order chi connectivity index (χ1) is 17.3. The van der Waals surface area contributed by atoms with Crippen LogP contribution < -0.4 is 0 Å². The third kappa shape index (κ3) is 26.1. The van der Waals surface area contributed by atoms with E-state index < -0.39 is 32.5 Å². The molecule has 214 valence electrons. The Labute approximate surface area is 219 Å².